The maximum Gasteiger partial charge on any atom is 0.166 e. The van der Waals surface area contributed by atoms with Gasteiger partial charge in [0.1, 0.15) is 5.49 Å². The van der Waals surface area contributed by atoms with Crippen molar-refractivity contribution in [2.75, 3.05) is 32.1 Å². The van der Waals surface area contributed by atoms with Crippen molar-refractivity contribution in [3.05, 3.63) is 65.4 Å². The molecule has 3 heterocycles. The highest BCUT2D eigenvalue weighted by Gasteiger charge is 2.23. The highest BCUT2D eigenvalue weighted by Crippen LogP contribution is 2.31. The second-order valence-corrected chi connectivity index (χ2v) is 9.81. The van der Waals surface area contributed by atoms with Crippen LogP contribution in [0.25, 0.3) is 10.9 Å². The van der Waals surface area contributed by atoms with Gasteiger partial charge in [-0.3, -0.25) is 19.8 Å². The smallest absolute Gasteiger partial charge is 0.166 e. The quantitative estimate of drug-likeness (QED) is 0.270. The molecule has 1 aliphatic heterocycles. The summed E-state index contributed by atoms with van der Waals surface area (Å²) in [6, 6.07) is 14.6. The summed E-state index contributed by atoms with van der Waals surface area (Å²) in [5.41, 5.74) is 4.09. The Labute approximate surface area is 199 Å². The minimum absolute atomic E-state index is 0.304. The van der Waals surface area contributed by atoms with E-state index in [0.717, 1.165) is 56.6 Å². The van der Waals surface area contributed by atoms with E-state index in [1.807, 2.05) is 12.1 Å². The van der Waals surface area contributed by atoms with E-state index in [-0.39, 0.29) is 6.67 Å². The fourth-order valence-corrected chi connectivity index (χ4v) is 5.62. The zero-order chi connectivity index (χ0) is 23.2. The van der Waals surface area contributed by atoms with Crippen molar-refractivity contribution >= 4 is 27.8 Å². The third-order valence-corrected chi connectivity index (χ3v) is 7.55. The van der Waals surface area contributed by atoms with Gasteiger partial charge >= 0.3 is 0 Å². The van der Waals surface area contributed by atoms with Crippen LogP contribution in [0, 0.1) is 10.8 Å². The summed E-state index contributed by atoms with van der Waals surface area (Å²) in [6.45, 7) is 5.16. The second kappa shape index (κ2) is 11.2. The molecule has 0 amide bonds. The fraction of sp³-hybridized carbons (Fsp3) is 0.462. The van der Waals surface area contributed by atoms with E-state index in [2.05, 4.69) is 40.7 Å². The summed E-state index contributed by atoms with van der Waals surface area (Å²) in [7, 11) is 0. The lowest BCUT2D eigenvalue weighted by Gasteiger charge is -2.34. The summed E-state index contributed by atoms with van der Waals surface area (Å²) in [5, 5.41) is 17.8. The van der Waals surface area contributed by atoms with Crippen LogP contribution in [-0.2, 0) is 12.8 Å². The van der Waals surface area contributed by atoms with Crippen LogP contribution in [0.15, 0.2) is 48.7 Å². The summed E-state index contributed by atoms with van der Waals surface area (Å²) in [4.78, 5) is 2.54. The lowest BCUT2D eigenvalue weighted by Crippen LogP contribution is -2.35. The first kappa shape index (κ1) is 23.8. The molecule has 2 aromatic heterocycles. The Hall–Kier alpha value is -2.38. The number of benzene rings is 1. The lowest BCUT2D eigenvalue weighted by atomic mass is 10.0. The number of hydrogen-bond donors (Lipinski definition) is 2. The van der Waals surface area contributed by atoms with Gasteiger partial charge in [-0.25, -0.2) is 0 Å². The molecule has 0 bridgehead atoms. The SMILES string of the molecule is CCc1cc2cc(CCF)ccc2n1C1CCN(CCCSC(=N)n2ccccc2=N)CC1. The molecule has 0 atom stereocenters. The number of fused-ring (bicyclic) bond motifs is 1. The molecule has 0 spiro atoms. The number of nitrogens with one attached hydrogen (secondary N) is 2. The van der Waals surface area contributed by atoms with Crippen LogP contribution in [0.3, 0.4) is 0 Å². The standard InChI is InChI=1S/C26H34FN5S/c1-2-22-19-21-18-20(9-12-27)7-8-24(21)32(22)23-10-15-30(16-11-23)13-5-17-33-26(29)31-14-4-3-6-25(31)28/h3-4,6-8,14,18-19,23,28-29H,2,5,9-13,15-17H2,1H3. The molecule has 2 N–H and O–H groups in total. The van der Waals surface area contributed by atoms with Gasteiger partial charge in [-0.15, -0.1) is 0 Å². The average molecular weight is 468 g/mol. The Bertz CT molecular complexity index is 1140. The highest BCUT2D eigenvalue weighted by molar-refractivity contribution is 8.13. The second-order valence-electron chi connectivity index (χ2n) is 8.73. The van der Waals surface area contributed by atoms with Crippen molar-refractivity contribution in [1.29, 1.82) is 10.8 Å². The molecule has 33 heavy (non-hydrogen) atoms. The number of rotatable bonds is 8. The monoisotopic (exact) mass is 467 g/mol. The summed E-state index contributed by atoms with van der Waals surface area (Å²) in [5.74, 6) is 0.892. The maximum absolute atomic E-state index is 12.8. The molecular formula is C26H34FN5S. The first-order chi connectivity index (χ1) is 16.1. The number of hydrogen-bond acceptors (Lipinski definition) is 4. The molecule has 0 unspecified atom stereocenters. The first-order valence-electron chi connectivity index (χ1n) is 12.0. The van der Waals surface area contributed by atoms with Crippen molar-refractivity contribution < 1.29 is 4.39 Å². The highest BCUT2D eigenvalue weighted by atomic mass is 32.2. The number of nitrogens with zero attached hydrogens (tertiary/aromatic N) is 3. The number of pyridine rings is 1. The van der Waals surface area contributed by atoms with Gasteiger partial charge in [0.2, 0.25) is 0 Å². The number of alkyl halides is 1. The van der Waals surface area contributed by atoms with Crippen LogP contribution in [-0.4, -0.2) is 51.3 Å². The maximum atomic E-state index is 12.8. The van der Waals surface area contributed by atoms with Gasteiger partial charge in [-0.1, -0.05) is 30.8 Å². The molecular weight excluding hydrogens is 433 g/mol. The Morgan fingerprint density at radius 2 is 1.97 bits per heavy atom. The summed E-state index contributed by atoms with van der Waals surface area (Å²) >= 11 is 1.51. The van der Waals surface area contributed by atoms with Gasteiger partial charge < -0.3 is 9.47 Å². The van der Waals surface area contributed by atoms with Crippen LogP contribution < -0.4 is 5.49 Å². The van der Waals surface area contributed by atoms with Crippen molar-refractivity contribution in [3.8, 4) is 0 Å². The minimum atomic E-state index is -0.304. The van der Waals surface area contributed by atoms with Crippen molar-refractivity contribution in [2.24, 2.45) is 0 Å². The fourth-order valence-electron chi connectivity index (χ4n) is 4.86. The number of aromatic nitrogens is 2. The van der Waals surface area contributed by atoms with E-state index >= 15 is 0 Å². The Morgan fingerprint density at radius 1 is 1.15 bits per heavy atom. The minimum Gasteiger partial charge on any atom is -0.341 e. The number of aryl methyl sites for hydroxylation is 2. The predicted molar refractivity (Wildman–Crippen MR) is 136 cm³/mol. The Kier molecular flexibility index (Phi) is 8.04. The lowest BCUT2D eigenvalue weighted by molar-refractivity contribution is 0.188. The average Bonchev–Trinajstić information content (AvgIpc) is 3.20. The molecule has 7 heteroatoms. The van der Waals surface area contributed by atoms with Crippen LogP contribution in [0.4, 0.5) is 4.39 Å². The largest absolute Gasteiger partial charge is 0.341 e. The summed E-state index contributed by atoms with van der Waals surface area (Å²) < 4.78 is 16.9. The van der Waals surface area contributed by atoms with Gasteiger partial charge in [0.15, 0.2) is 5.17 Å². The van der Waals surface area contributed by atoms with E-state index in [1.165, 1.54) is 28.4 Å². The molecule has 1 aromatic carbocycles. The van der Waals surface area contributed by atoms with E-state index in [0.29, 0.717) is 23.1 Å². The van der Waals surface area contributed by atoms with Crippen LogP contribution in [0.5, 0.6) is 0 Å². The van der Waals surface area contributed by atoms with Gasteiger partial charge in [-0.05, 0) is 68.1 Å². The van der Waals surface area contributed by atoms with E-state index < -0.39 is 0 Å². The Morgan fingerprint density at radius 3 is 2.70 bits per heavy atom. The molecule has 0 saturated carbocycles. The van der Waals surface area contributed by atoms with Gasteiger partial charge in [0.05, 0.1) is 6.67 Å². The van der Waals surface area contributed by atoms with Crippen LogP contribution >= 0.6 is 11.8 Å². The number of likely N-dealkylation sites (tertiary alicyclic amines) is 1. The van der Waals surface area contributed by atoms with Crippen LogP contribution in [0.2, 0.25) is 0 Å². The number of piperidine rings is 1. The van der Waals surface area contributed by atoms with Crippen molar-refractivity contribution in [2.45, 2.75) is 45.1 Å². The Balaban J connectivity index is 1.29. The van der Waals surface area contributed by atoms with Gasteiger partial charge in [-0.2, -0.15) is 0 Å². The molecule has 176 valence electrons. The molecule has 0 radical (unpaired) electrons. The van der Waals surface area contributed by atoms with Crippen molar-refractivity contribution in [1.82, 2.24) is 14.0 Å². The molecule has 1 saturated heterocycles. The zero-order valence-electron chi connectivity index (χ0n) is 19.4. The topological polar surface area (TPSA) is 60.8 Å². The molecule has 1 aliphatic rings. The number of halogens is 1. The summed E-state index contributed by atoms with van der Waals surface area (Å²) in [6.07, 6.45) is 6.62. The predicted octanol–water partition coefficient (Wildman–Crippen LogP) is 5.24. The molecule has 4 rings (SSSR count). The van der Waals surface area contributed by atoms with E-state index in [4.69, 9.17) is 10.8 Å². The zero-order valence-corrected chi connectivity index (χ0v) is 20.2. The normalized spacial score (nSPS) is 15.3. The van der Waals surface area contributed by atoms with Gasteiger partial charge in [0.25, 0.3) is 0 Å². The number of thioether (sulfide) groups is 1. The third-order valence-electron chi connectivity index (χ3n) is 6.59. The third kappa shape index (κ3) is 5.58. The van der Waals surface area contributed by atoms with E-state index in [1.54, 1.807) is 16.8 Å². The first-order valence-corrected chi connectivity index (χ1v) is 12.9. The van der Waals surface area contributed by atoms with Crippen LogP contribution in [0.1, 0.15) is 43.5 Å². The molecule has 0 aliphatic carbocycles. The van der Waals surface area contributed by atoms with E-state index in [9.17, 15) is 4.39 Å². The van der Waals surface area contributed by atoms with Gasteiger partial charge in [0, 0.05) is 54.1 Å². The molecule has 3 aromatic rings. The molecule has 1 fully saturated rings. The molecule has 5 nitrogen and oxygen atoms in total. The van der Waals surface area contributed by atoms with Crippen molar-refractivity contribution in [3.63, 3.8) is 0 Å².